The Morgan fingerprint density at radius 2 is 2.02 bits per heavy atom. The van der Waals surface area contributed by atoms with Gasteiger partial charge in [-0.05, 0) is 58.3 Å². The van der Waals surface area contributed by atoms with Gasteiger partial charge < -0.3 is 34.6 Å². The second-order valence-corrected chi connectivity index (χ2v) is 11.2. The van der Waals surface area contributed by atoms with E-state index < -0.39 is 30.5 Å². The predicted octanol–water partition coefficient (Wildman–Crippen LogP) is 4.00. The van der Waals surface area contributed by atoms with Gasteiger partial charge in [-0.2, -0.15) is 13.2 Å². The number of hydrogen-bond acceptors (Lipinski definition) is 6. The minimum Gasteiger partial charge on any atom is -0.394 e. The lowest BCUT2D eigenvalue weighted by atomic mass is 10.0. The minimum absolute atomic E-state index is 0.0219. The zero-order valence-electron chi connectivity index (χ0n) is 24.4. The number of fused-ring (bicyclic) bond motifs is 1. The minimum atomic E-state index is -4.55. The molecule has 3 heterocycles. The van der Waals surface area contributed by atoms with Gasteiger partial charge in [0.15, 0.2) is 0 Å². The summed E-state index contributed by atoms with van der Waals surface area (Å²) < 4.78 is 58.4. The van der Waals surface area contributed by atoms with Crippen LogP contribution in [0.2, 0.25) is 0 Å². The van der Waals surface area contributed by atoms with Crippen molar-refractivity contribution in [2.45, 2.75) is 50.7 Å². The zero-order chi connectivity index (χ0) is 31.4. The number of aliphatic hydroxyl groups excluding tert-OH is 1. The maximum Gasteiger partial charge on any atom is 0.406 e. The van der Waals surface area contributed by atoms with Crippen molar-refractivity contribution in [1.82, 2.24) is 19.4 Å². The third-order valence-electron chi connectivity index (χ3n) is 7.42. The largest absolute Gasteiger partial charge is 0.406 e. The number of nitrogens with one attached hydrogen (secondary N) is 2. The molecule has 0 radical (unpaired) electrons. The molecular weight excluding hydrogens is 570 g/mol. The van der Waals surface area contributed by atoms with Crippen molar-refractivity contribution >= 4 is 35.1 Å². The fraction of sp³-hybridized carbons (Fsp3) is 0.483. The first-order valence-corrected chi connectivity index (χ1v) is 13.9. The van der Waals surface area contributed by atoms with Crippen LogP contribution < -0.4 is 10.6 Å². The Morgan fingerprint density at radius 3 is 2.70 bits per heavy atom. The SMILES string of the molecule is C=N/C(=N\OCCNC(=O)c1ccn(C(C)(C)CO)c1)c1cc2c(N[C@@H]3CCN(C)C[C@@H]3F)cccc2n1CC(F)(F)F. The molecule has 4 rings (SSSR count). The third kappa shape index (κ3) is 7.73. The third-order valence-corrected chi connectivity index (χ3v) is 7.42. The molecule has 3 N–H and O–H groups in total. The molecule has 2 aromatic heterocycles. The second kappa shape index (κ2) is 13.2. The van der Waals surface area contributed by atoms with Gasteiger partial charge in [0.1, 0.15) is 19.3 Å². The highest BCUT2D eigenvalue weighted by Crippen LogP contribution is 2.32. The molecule has 1 aliphatic heterocycles. The van der Waals surface area contributed by atoms with E-state index in [-0.39, 0.29) is 49.3 Å². The number of carbonyl (C=O) groups is 1. The summed E-state index contributed by atoms with van der Waals surface area (Å²) in [4.78, 5) is 23.5. The monoisotopic (exact) mass is 607 g/mol. The molecule has 14 heteroatoms. The van der Waals surface area contributed by atoms with Crippen LogP contribution in [0.15, 0.2) is 52.9 Å². The van der Waals surface area contributed by atoms with E-state index in [1.807, 2.05) is 25.8 Å². The second-order valence-electron chi connectivity index (χ2n) is 11.2. The fourth-order valence-electron chi connectivity index (χ4n) is 4.93. The van der Waals surface area contributed by atoms with Gasteiger partial charge in [0, 0.05) is 36.6 Å². The van der Waals surface area contributed by atoms with Crippen molar-refractivity contribution in [3.05, 3.63) is 54.0 Å². The van der Waals surface area contributed by atoms with Gasteiger partial charge in [0.25, 0.3) is 5.91 Å². The highest BCUT2D eigenvalue weighted by molar-refractivity contribution is 6.06. The molecule has 43 heavy (non-hydrogen) atoms. The molecule has 3 aromatic rings. The average Bonchev–Trinajstić information content (AvgIpc) is 3.58. The molecular formula is C29H37F4N7O3. The van der Waals surface area contributed by atoms with Crippen molar-refractivity contribution < 1.29 is 32.3 Å². The number of oxime groups is 1. The van der Waals surface area contributed by atoms with E-state index in [9.17, 15) is 27.5 Å². The smallest absolute Gasteiger partial charge is 0.394 e. The molecule has 1 aliphatic rings. The molecule has 1 amide bonds. The number of aromatic nitrogens is 2. The molecule has 1 fully saturated rings. The first-order chi connectivity index (χ1) is 20.3. The summed E-state index contributed by atoms with van der Waals surface area (Å²) in [5.74, 6) is -0.545. The van der Waals surface area contributed by atoms with E-state index >= 15 is 0 Å². The highest BCUT2D eigenvalue weighted by atomic mass is 19.4. The Hall–Kier alpha value is -3.91. The first-order valence-electron chi connectivity index (χ1n) is 13.9. The predicted molar refractivity (Wildman–Crippen MR) is 158 cm³/mol. The van der Waals surface area contributed by atoms with E-state index in [2.05, 4.69) is 27.5 Å². The highest BCUT2D eigenvalue weighted by Gasteiger charge is 2.32. The summed E-state index contributed by atoms with van der Waals surface area (Å²) in [7, 11) is 1.84. The van der Waals surface area contributed by atoms with Crippen LogP contribution in [0.5, 0.6) is 0 Å². The number of nitrogens with zero attached hydrogens (tertiary/aromatic N) is 5. The van der Waals surface area contributed by atoms with E-state index in [1.165, 1.54) is 6.07 Å². The summed E-state index contributed by atoms with van der Waals surface area (Å²) >= 11 is 0. The van der Waals surface area contributed by atoms with Gasteiger partial charge in [-0.15, -0.1) is 0 Å². The summed E-state index contributed by atoms with van der Waals surface area (Å²) in [5, 5.41) is 19.7. The number of aliphatic imine (C=N–C) groups is 1. The number of amides is 1. The van der Waals surface area contributed by atoms with Crippen molar-refractivity contribution in [3.63, 3.8) is 0 Å². The van der Waals surface area contributed by atoms with E-state index in [0.717, 1.165) is 4.57 Å². The van der Waals surface area contributed by atoms with Crippen LogP contribution in [0, 0.1) is 0 Å². The summed E-state index contributed by atoms with van der Waals surface area (Å²) in [6.07, 6.45) is -1.84. The standard InChI is InChI=1S/C29H37F4N7O3/c1-28(2,18-41)39-12-8-19(15-39)27(42)35-10-13-43-37-26(34-3)25-14-20-22(36-23-9-11-38(4)16-21(23)30)6-5-7-24(20)40(25)17-29(31,32)33/h5-8,12,14-15,21,23,36,41H,3,9-11,13,16-18H2,1-2,4H3,(H,35,42)/b37-26-/t21-,23+/m0/s1. The van der Waals surface area contributed by atoms with Crippen LogP contribution in [0.25, 0.3) is 10.9 Å². The summed E-state index contributed by atoms with van der Waals surface area (Å²) in [6.45, 7) is 6.61. The molecule has 2 atom stereocenters. The van der Waals surface area contributed by atoms with Crippen molar-refractivity contribution in [2.24, 2.45) is 10.1 Å². The maximum atomic E-state index is 14.7. The molecule has 0 spiro atoms. The van der Waals surface area contributed by atoms with Gasteiger partial charge in [-0.1, -0.05) is 11.2 Å². The number of halogens is 4. The molecule has 0 saturated carbocycles. The Balaban J connectivity index is 1.49. The lowest BCUT2D eigenvalue weighted by Gasteiger charge is -2.33. The van der Waals surface area contributed by atoms with E-state index in [1.54, 1.807) is 41.2 Å². The normalized spacial score (nSPS) is 18.6. The van der Waals surface area contributed by atoms with Crippen LogP contribution in [0.1, 0.15) is 36.3 Å². The molecule has 0 aliphatic carbocycles. The van der Waals surface area contributed by atoms with E-state index in [4.69, 9.17) is 4.84 Å². The lowest BCUT2D eigenvalue weighted by molar-refractivity contribution is -0.139. The summed E-state index contributed by atoms with van der Waals surface area (Å²) in [5.41, 5.74) is 0.603. The van der Waals surface area contributed by atoms with Gasteiger partial charge in [0.2, 0.25) is 5.84 Å². The van der Waals surface area contributed by atoms with Crippen LogP contribution in [0.3, 0.4) is 0 Å². The van der Waals surface area contributed by atoms with Gasteiger partial charge in [-0.25, -0.2) is 9.38 Å². The number of aliphatic hydroxyl groups is 1. The zero-order valence-corrected chi connectivity index (χ0v) is 24.4. The van der Waals surface area contributed by atoms with Gasteiger partial charge >= 0.3 is 6.18 Å². The molecule has 1 aromatic carbocycles. The van der Waals surface area contributed by atoms with Crippen LogP contribution in [-0.4, -0.2) is 95.9 Å². The van der Waals surface area contributed by atoms with Gasteiger partial charge in [-0.3, -0.25) is 4.79 Å². The van der Waals surface area contributed by atoms with Crippen LogP contribution in [-0.2, 0) is 16.9 Å². The number of benzene rings is 1. The Morgan fingerprint density at radius 1 is 1.26 bits per heavy atom. The van der Waals surface area contributed by atoms with Crippen LogP contribution >= 0.6 is 0 Å². The number of carbonyl (C=O) groups excluding carboxylic acids is 1. The molecule has 0 unspecified atom stereocenters. The molecule has 0 bridgehead atoms. The van der Waals surface area contributed by atoms with Crippen LogP contribution in [0.4, 0.5) is 23.2 Å². The Kier molecular flexibility index (Phi) is 9.80. The summed E-state index contributed by atoms with van der Waals surface area (Å²) in [6, 6.07) is 7.49. The number of alkyl halides is 4. The van der Waals surface area contributed by atoms with Crippen molar-refractivity contribution in [3.8, 4) is 0 Å². The number of hydrogen-bond donors (Lipinski definition) is 3. The lowest BCUT2D eigenvalue weighted by Crippen LogP contribution is -2.46. The first kappa shape index (κ1) is 32.0. The topological polar surface area (TPSA) is 108 Å². The molecule has 1 saturated heterocycles. The Bertz CT molecular complexity index is 1460. The molecule has 234 valence electrons. The number of amidine groups is 1. The Labute approximate surface area is 247 Å². The number of anilines is 1. The number of rotatable bonds is 11. The fourth-order valence-corrected chi connectivity index (χ4v) is 4.93. The number of piperidine rings is 1. The average molecular weight is 608 g/mol. The van der Waals surface area contributed by atoms with Crippen molar-refractivity contribution in [2.75, 3.05) is 45.2 Å². The quantitative estimate of drug-likeness (QED) is 0.100. The van der Waals surface area contributed by atoms with Crippen molar-refractivity contribution in [1.29, 1.82) is 0 Å². The van der Waals surface area contributed by atoms with Gasteiger partial charge in [0.05, 0.1) is 41.5 Å². The van der Waals surface area contributed by atoms with E-state index in [0.29, 0.717) is 29.6 Å². The number of likely N-dealkylation sites (tertiary alicyclic amines) is 1. The molecule has 10 nitrogen and oxygen atoms in total. The maximum absolute atomic E-state index is 14.7.